The molecule has 0 aliphatic rings. The molecule has 0 heterocycles. The third-order valence-electron chi connectivity index (χ3n) is 15.1. The van der Waals surface area contributed by atoms with Gasteiger partial charge >= 0.3 is 19.8 Å². The van der Waals surface area contributed by atoms with Crippen molar-refractivity contribution in [3.63, 3.8) is 0 Å². The van der Waals surface area contributed by atoms with Crippen molar-refractivity contribution in [2.45, 2.75) is 277 Å². The van der Waals surface area contributed by atoms with Crippen LogP contribution in [0.1, 0.15) is 271 Å². The highest BCUT2D eigenvalue weighted by Crippen LogP contribution is 2.43. The normalized spacial score (nSPS) is 14.2. The number of hydrogen-bond acceptors (Lipinski definition) is 7. The van der Waals surface area contributed by atoms with Gasteiger partial charge in [0.2, 0.25) is 0 Å². The van der Waals surface area contributed by atoms with E-state index in [2.05, 4.69) is 208 Å². The summed E-state index contributed by atoms with van der Waals surface area (Å²) in [5, 5.41) is 0. The topological polar surface area (TPSA) is 108 Å². The van der Waals surface area contributed by atoms with Crippen LogP contribution in [0, 0.1) is 0 Å². The van der Waals surface area contributed by atoms with Crippen LogP contribution in [0.5, 0.6) is 0 Å². The van der Waals surface area contributed by atoms with Crippen LogP contribution in [-0.2, 0) is 32.7 Å². The first-order valence-corrected chi connectivity index (χ1v) is 38.7. The molecular formula is C84H137NO8P+. The summed E-state index contributed by atoms with van der Waals surface area (Å²) in [6.07, 6.45) is 112. The second-order valence-corrected chi connectivity index (χ2v) is 26.7. The number of likely N-dealkylation sites (N-methyl/N-ethyl adjacent to an activating group) is 1. The number of phosphoric acid groups is 1. The molecule has 9 nitrogen and oxygen atoms in total. The second kappa shape index (κ2) is 72.1. The van der Waals surface area contributed by atoms with Crippen LogP contribution >= 0.6 is 7.82 Å². The highest BCUT2D eigenvalue weighted by Gasteiger charge is 2.27. The summed E-state index contributed by atoms with van der Waals surface area (Å²) in [4.78, 5) is 35.9. The fourth-order valence-electron chi connectivity index (χ4n) is 9.52. The maximum atomic E-state index is 12.9. The van der Waals surface area contributed by atoms with E-state index in [1.54, 1.807) is 0 Å². The first-order valence-electron chi connectivity index (χ1n) is 37.2. The molecule has 10 heteroatoms. The molecule has 530 valence electrons. The molecule has 0 aliphatic heterocycles. The van der Waals surface area contributed by atoms with Gasteiger partial charge < -0.3 is 18.9 Å². The molecular weight excluding hydrogens is 1180 g/mol. The van der Waals surface area contributed by atoms with E-state index in [9.17, 15) is 19.0 Å². The lowest BCUT2D eigenvalue weighted by molar-refractivity contribution is -0.870. The molecule has 0 aliphatic carbocycles. The predicted octanol–water partition coefficient (Wildman–Crippen LogP) is 24.8. The summed E-state index contributed by atoms with van der Waals surface area (Å²) in [7, 11) is 1.45. The van der Waals surface area contributed by atoms with E-state index >= 15 is 0 Å². The van der Waals surface area contributed by atoms with Gasteiger partial charge in [-0.15, -0.1) is 0 Å². The minimum atomic E-state index is -4.41. The average molecular weight is 1320 g/mol. The van der Waals surface area contributed by atoms with E-state index in [0.717, 1.165) is 161 Å². The Morgan fingerprint density at radius 2 is 0.574 bits per heavy atom. The maximum absolute atomic E-state index is 12.9. The summed E-state index contributed by atoms with van der Waals surface area (Å²) < 4.78 is 34.8. The van der Waals surface area contributed by atoms with Gasteiger partial charge in [-0.25, -0.2) is 4.57 Å². The first-order chi connectivity index (χ1) is 46.0. The van der Waals surface area contributed by atoms with Crippen molar-refractivity contribution < 1.29 is 42.1 Å². The zero-order valence-corrected chi connectivity index (χ0v) is 61.3. The number of allylic oxidation sites excluding steroid dienone is 32. The number of quaternary nitrogens is 1. The molecule has 0 amide bonds. The molecule has 0 bridgehead atoms. The number of carbonyl (C=O) groups is 2. The van der Waals surface area contributed by atoms with Crippen molar-refractivity contribution in [1.82, 2.24) is 0 Å². The van der Waals surface area contributed by atoms with Crippen LogP contribution in [0.25, 0.3) is 0 Å². The molecule has 0 saturated heterocycles. The predicted molar refractivity (Wildman–Crippen MR) is 408 cm³/mol. The zero-order chi connectivity index (χ0) is 68.3. The van der Waals surface area contributed by atoms with Gasteiger partial charge in [0.25, 0.3) is 0 Å². The largest absolute Gasteiger partial charge is 0.472 e. The van der Waals surface area contributed by atoms with Crippen LogP contribution in [0.4, 0.5) is 0 Å². The van der Waals surface area contributed by atoms with Crippen LogP contribution in [0.15, 0.2) is 194 Å². The fraction of sp³-hybridized carbons (Fsp3) is 0.595. The van der Waals surface area contributed by atoms with Crippen molar-refractivity contribution in [2.24, 2.45) is 0 Å². The minimum absolute atomic E-state index is 0.0203. The van der Waals surface area contributed by atoms with Crippen LogP contribution in [-0.4, -0.2) is 74.9 Å². The molecule has 0 radical (unpaired) electrons. The Morgan fingerprint density at radius 1 is 0.330 bits per heavy atom. The Bertz CT molecular complexity index is 2290. The second-order valence-electron chi connectivity index (χ2n) is 25.2. The van der Waals surface area contributed by atoms with Gasteiger partial charge in [-0.1, -0.05) is 311 Å². The molecule has 0 aromatic rings. The third-order valence-corrected chi connectivity index (χ3v) is 16.1. The van der Waals surface area contributed by atoms with E-state index < -0.39 is 26.5 Å². The lowest BCUT2D eigenvalue weighted by Gasteiger charge is -2.24. The molecule has 2 atom stereocenters. The Balaban J connectivity index is 4.12. The Hall–Kier alpha value is -5.15. The van der Waals surface area contributed by atoms with Crippen LogP contribution in [0.2, 0.25) is 0 Å². The molecule has 0 aromatic carbocycles. The summed E-state index contributed by atoms with van der Waals surface area (Å²) >= 11 is 0. The summed E-state index contributed by atoms with van der Waals surface area (Å²) in [6.45, 7) is 4.18. The number of nitrogens with zero attached hydrogens (tertiary/aromatic N) is 1. The molecule has 0 spiro atoms. The lowest BCUT2D eigenvalue weighted by Crippen LogP contribution is -2.37. The Labute approximate surface area is 577 Å². The molecule has 1 N–H and O–H groups in total. The molecule has 0 saturated carbocycles. The number of phosphoric ester groups is 1. The highest BCUT2D eigenvalue weighted by molar-refractivity contribution is 7.47. The number of rotatable bonds is 66. The summed E-state index contributed by atoms with van der Waals surface area (Å²) in [6, 6.07) is 0. The Kier molecular flexibility index (Phi) is 68.2. The molecule has 2 unspecified atom stereocenters. The third kappa shape index (κ3) is 75.9. The van der Waals surface area contributed by atoms with Gasteiger partial charge in [0.05, 0.1) is 27.7 Å². The van der Waals surface area contributed by atoms with Crippen LogP contribution < -0.4 is 0 Å². The van der Waals surface area contributed by atoms with Crippen LogP contribution in [0.3, 0.4) is 0 Å². The van der Waals surface area contributed by atoms with E-state index in [-0.39, 0.29) is 32.0 Å². The van der Waals surface area contributed by atoms with Crippen molar-refractivity contribution in [2.75, 3.05) is 47.5 Å². The Morgan fingerprint density at radius 3 is 0.851 bits per heavy atom. The van der Waals surface area contributed by atoms with Gasteiger partial charge in [0.1, 0.15) is 19.8 Å². The number of carbonyl (C=O) groups excluding carboxylic acids is 2. The number of unbranched alkanes of at least 4 members (excludes halogenated alkanes) is 20. The van der Waals surface area contributed by atoms with Crippen molar-refractivity contribution in [3.05, 3.63) is 194 Å². The monoisotopic (exact) mass is 1320 g/mol. The number of hydrogen-bond donors (Lipinski definition) is 1. The maximum Gasteiger partial charge on any atom is 0.472 e. The molecule has 0 fully saturated rings. The van der Waals surface area contributed by atoms with Gasteiger partial charge in [-0.2, -0.15) is 0 Å². The lowest BCUT2D eigenvalue weighted by atomic mass is 10.0. The van der Waals surface area contributed by atoms with E-state index in [4.69, 9.17) is 18.5 Å². The smallest absolute Gasteiger partial charge is 0.462 e. The van der Waals surface area contributed by atoms with Gasteiger partial charge in [-0.3, -0.25) is 18.6 Å². The highest BCUT2D eigenvalue weighted by atomic mass is 31.2. The fourth-order valence-corrected chi connectivity index (χ4v) is 10.3. The standard InChI is InChI=1S/C84H136NO8P/c1-6-8-10-12-14-16-18-20-22-24-26-28-30-32-34-36-38-40-41-42-43-45-47-49-51-53-55-57-59-61-63-65-67-69-71-73-75-77-84(87)93-82(81-92-94(88,89)91-79-78-85(3,4)5)80-90-83(86)76-74-72-70-68-66-64-62-60-58-56-54-52-50-48-46-44-39-37-35-33-31-29-27-25-23-21-19-17-15-13-11-9-7-2/h8-11,14-17,20-23,26-29,32-35,38-40,42-44,47-50,54,56,82H,6-7,12-13,18-19,24-25,30-31,36-37,41,45-46,51-53,55,57-81H2,1-5H3/p+1/b10-8-,11-9-,16-14-,17-15-,22-20-,23-21-,28-26-,29-27-,34-32-,35-33-,40-38-,43-42-,44-39-,49-47-,50-48-,56-54-. The van der Waals surface area contributed by atoms with E-state index in [1.807, 2.05) is 21.1 Å². The van der Waals surface area contributed by atoms with Crippen molar-refractivity contribution in [3.8, 4) is 0 Å². The quantitative estimate of drug-likeness (QED) is 0.0211. The molecule has 94 heavy (non-hydrogen) atoms. The minimum Gasteiger partial charge on any atom is -0.462 e. The first kappa shape index (κ1) is 88.8. The van der Waals surface area contributed by atoms with Gasteiger partial charge in [0.15, 0.2) is 6.10 Å². The molecule has 0 rings (SSSR count). The van der Waals surface area contributed by atoms with Gasteiger partial charge in [0, 0.05) is 12.8 Å². The number of ether oxygens (including phenoxy) is 2. The van der Waals surface area contributed by atoms with E-state index in [0.29, 0.717) is 17.4 Å². The summed E-state index contributed by atoms with van der Waals surface area (Å²) in [5.74, 6) is -0.819. The zero-order valence-electron chi connectivity index (χ0n) is 60.4. The molecule has 0 aromatic heterocycles. The van der Waals surface area contributed by atoms with E-state index in [1.165, 1.54) is 77.0 Å². The van der Waals surface area contributed by atoms with Crippen molar-refractivity contribution >= 4 is 19.8 Å². The number of esters is 2. The van der Waals surface area contributed by atoms with Crippen molar-refractivity contribution in [1.29, 1.82) is 0 Å². The average Bonchev–Trinajstić information content (AvgIpc) is 1.56. The summed E-state index contributed by atoms with van der Waals surface area (Å²) in [5.41, 5.74) is 0. The van der Waals surface area contributed by atoms with Gasteiger partial charge in [-0.05, 0) is 141 Å². The SMILES string of the molecule is CC/C=C\C/C=C\C/C=C\C/C=C\C/C=C\C/C=C\C/C=C\C/C=C\CCCCCCCCCCCCCCC(=O)OC(COC(=O)CCCCCCCCCC/C=C\C/C=C\C/C=C\C/C=C\C/C=C\C/C=C\C/C=C\C/C=C\CC)COP(=O)(O)OCC[N+](C)(C)C.